The molecule has 0 saturated carbocycles. The molecule has 0 unspecified atom stereocenters. The number of hydrogen-bond acceptors (Lipinski definition) is 4. The second-order valence-electron chi connectivity index (χ2n) is 5.60. The number of likely N-dealkylation sites (N-methyl/N-ethyl adjacent to an activating group) is 1. The molecule has 1 aliphatic rings. The largest absolute Gasteiger partial charge is 0.384 e. The molecule has 2 aromatic rings. The van der Waals surface area contributed by atoms with Gasteiger partial charge in [-0.3, -0.25) is 10.4 Å². The summed E-state index contributed by atoms with van der Waals surface area (Å²) in [4.78, 5) is 9.13. The molecule has 0 spiro atoms. The number of nitrogen functional groups attached to an aromatic ring is 1. The molecule has 0 amide bonds. The van der Waals surface area contributed by atoms with Crippen molar-refractivity contribution in [2.45, 2.75) is 6.42 Å². The summed E-state index contributed by atoms with van der Waals surface area (Å²) in [7, 11) is 2.15. The first kappa shape index (κ1) is 13.8. The molecule has 1 saturated heterocycles. The Hall–Kier alpha value is -2.14. The topological polar surface area (TPSA) is 69.2 Å². The maximum Gasteiger partial charge on any atom is 0.126 e. The van der Waals surface area contributed by atoms with Crippen molar-refractivity contribution >= 4 is 22.4 Å². The predicted octanol–water partition coefficient (Wildman–Crippen LogP) is 1.66. The quantitative estimate of drug-likeness (QED) is 0.649. The maximum absolute atomic E-state index is 7.87. The Morgan fingerprint density at radius 2 is 2.00 bits per heavy atom. The molecule has 0 atom stereocenters. The van der Waals surface area contributed by atoms with Gasteiger partial charge >= 0.3 is 0 Å². The number of pyridine rings is 1. The van der Waals surface area contributed by atoms with Gasteiger partial charge in [0, 0.05) is 31.2 Å². The van der Waals surface area contributed by atoms with Gasteiger partial charge in [0.15, 0.2) is 0 Å². The van der Waals surface area contributed by atoms with E-state index in [1.165, 1.54) is 0 Å². The fraction of sp³-hybridized carbons (Fsp3) is 0.375. The summed E-state index contributed by atoms with van der Waals surface area (Å²) in [6.07, 6.45) is 2.85. The van der Waals surface area contributed by atoms with Crippen LogP contribution < -0.4 is 10.6 Å². The molecule has 0 aliphatic carbocycles. The van der Waals surface area contributed by atoms with Crippen molar-refractivity contribution < 1.29 is 0 Å². The molecule has 1 aliphatic heterocycles. The van der Waals surface area contributed by atoms with Crippen LogP contribution in [0.15, 0.2) is 30.5 Å². The Labute approximate surface area is 124 Å². The minimum absolute atomic E-state index is 0.0841. The average molecular weight is 283 g/mol. The average Bonchev–Trinajstić information content (AvgIpc) is 2.70. The highest BCUT2D eigenvalue weighted by molar-refractivity contribution is 6.07. The minimum atomic E-state index is 0.0841. The Bertz CT molecular complexity index is 667. The molecule has 1 aromatic carbocycles. The van der Waals surface area contributed by atoms with E-state index < -0.39 is 0 Å². The van der Waals surface area contributed by atoms with Gasteiger partial charge in [-0.05, 0) is 26.1 Å². The molecule has 5 heteroatoms. The van der Waals surface area contributed by atoms with Crippen LogP contribution in [0.25, 0.3) is 10.9 Å². The third-order valence-electron chi connectivity index (χ3n) is 4.07. The van der Waals surface area contributed by atoms with Crippen LogP contribution in [0.1, 0.15) is 12.0 Å². The number of nitrogens with two attached hydrogens (primary N) is 1. The van der Waals surface area contributed by atoms with Crippen LogP contribution in [0.3, 0.4) is 0 Å². The summed E-state index contributed by atoms with van der Waals surface area (Å²) in [5.74, 6) is 0.0841. The molecule has 5 nitrogen and oxygen atoms in total. The lowest BCUT2D eigenvalue weighted by Gasteiger charge is -2.26. The van der Waals surface area contributed by atoms with Gasteiger partial charge in [0.05, 0.1) is 16.8 Å². The summed E-state index contributed by atoms with van der Waals surface area (Å²) in [5.41, 5.74) is 8.53. The van der Waals surface area contributed by atoms with Gasteiger partial charge in [-0.25, -0.2) is 0 Å². The third-order valence-corrected chi connectivity index (χ3v) is 4.07. The molecule has 0 radical (unpaired) electrons. The lowest BCUT2D eigenvalue weighted by Crippen LogP contribution is -2.31. The number of aromatic nitrogens is 1. The van der Waals surface area contributed by atoms with Crippen molar-refractivity contribution in [1.29, 1.82) is 5.41 Å². The predicted molar refractivity (Wildman–Crippen MR) is 87.1 cm³/mol. The summed E-state index contributed by atoms with van der Waals surface area (Å²) < 4.78 is 0. The highest BCUT2D eigenvalue weighted by Gasteiger charge is 2.19. The molecule has 1 fully saturated rings. The standard InChI is InChI=1S/C16H21N5/c1-20-7-4-8-21(10-9-20)15-12-5-2-3-6-14(12)19-11-13(15)16(17)18/h2-3,5-6,11H,4,7-10H2,1H3,(H3,17,18). The lowest BCUT2D eigenvalue weighted by atomic mass is 10.1. The molecule has 3 rings (SSSR count). The van der Waals surface area contributed by atoms with Gasteiger partial charge in [-0.1, -0.05) is 18.2 Å². The first-order valence-corrected chi connectivity index (χ1v) is 7.32. The van der Waals surface area contributed by atoms with Crippen molar-refractivity contribution in [1.82, 2.24) is 9.88 Å². The fourth-order valence-corrected chi connectivity index (χ4v) is 2.93. The van der Waals surface area contributed by atoms with E-state index in [0.29, 0.717) is 0 Å². The van der Waals surface area contributed by atoms with E-state index in [2.05, 4.69) is 27.9 Å². The van der Waals surface area contributed by atoms with Gasteiger partial charge in [0.2, 0.25) is 0 Å². The van der Waals surface area contributed by atoms with E-state index in [1.807, 2.05) is 18.2 Å². The number of nitrogens with one attached hydrogen (secondary N) is 1. The summed E-state index contributed by atoms with van der Waals surface area (Å²) in [6.45, 7) is 4.06. The highest BCUT2D eigenvalue weighted by Crippen LogP contribution is 2.30. The Morgan fingerprint density at radius 3 is 2.81 bits per heavy atom. The van der Waals surface area contributed by atoms with Crippen molar-refractivity contribution in [3.05, 3.63) is 36.0 Å². The van der Waals surface area contributed by atoms with Crippen molar-refractivity contribution in [3.8, 4) is 0 Å². The molecule has 110 valence electrons. The second kappa shape index (κ2) is 5.69. The van der Waals surface area contributed by atoms with Crippen molar-refractivity contribution in [2.75, 3.05) is 38.1 Å². The number of fused-ring (bicyclic) bond motifs is 1. The fourth-order valence-electron chi connectivity index (χ4n) is 2.93. The van der Waals surface area contributed by atoms with Crippen LogP contribution in [0, 0.1) is 5.41 Å². The normalized spacial score (nSPS) is 16.9. The molecular formula is C16H21N5. The molecule has 1 aromatic heterocycles. The van der Waals surface area contributed by atoms with Gasteiger partial charge in [-0.15, -0.1) is 0 Å². The zero-order chi connectivity index (χ0) is 14.8. The van der Waals surface area contributed by atoms with Gasteiger partial charge in [0.25, 0.3) is 0 Å². The second-order valence-corrected chi connectivity index (χ2v) is 5.60. The molecule has 0 bridgehead atoms. The van der Waals surface area contributed by atoms with Crippen LogP contribution in [-0.2, 0) is 0 Å². The van der Waals surface area contributed by atoms with Crippen LogP contribution in [0.4, 0.5) is 5.69 Å². The smallest absolute Gasteiger partial charge is 0.126 e. The molecule has 21 heavy (non-hydrogen) atoms. The first-order valence-electron chi connectivity index (χ1n) is 7.32. The number of benzene rings is 1. The molecule has 2 heterocycles. The number of para-hydroxylation sites is 1. The number of rotatable bonds is 2. The Morgan fingerprint density at radius 1 is 1.19 bits per heavy atom. The number of amidine groups is 1. The summed E-state index contributed by atoms with van der Waals surface area (Å²) in [5, 5.41) is 8.94. The maximum atomic E-state index is 7.87. The first-order chi connectivity index (χ1) is 10.2. The minimum Gasteiger partial charge on any atom is -0.384 e. The van der Waals surface area contributed by atoms with Crippen molar-refractivity contribution in [3.63, 3.8) is 0 Å². The van der Waals surface area contributed by atoms with E-state index >= 15 is 0 Å². The molecule has 3 N–H and O–H groups in total. The van der Waals surface area contributed by atoms with Crippen LogP contribution in [-0.4, -0.2) is 48.9 Å². The lowest BCUT2D eigenvalue weighted by molar-refractivity contribution is 0.360. The van der Waals surface area contributed by atoms with Crippen molar-refractivity contribution in [2.24, 2.45) is 5.73 Å². The zero-order valence-corrected chi connectivity index (χ0v) is 12.3. The van der Waals surface area contributed by atoms with E-state index in [0.717, 1.165) is 54.8 Å². The van der Waals surface area contributed by atoms with E-state index in [-0.39, 0.29) is 5.84 Å². The highest BCUT2D eigenvalue weighted by atomic mass is 15.2. The monoisotopic (exact) mass is 283 g/mol. The van der Waals surface area contributed by atoms with Gasteiger partial charge < -0.3 is 15.5 Å². The summed E-state index contributed by atoms with van der Waals surface area (Å²) >= 11 is 0. The third kappa shape index (κ3) is 2.69. The number of nitrogens with zero attached hydrogens (tertiary/aromatic N) is 3. The van der Waals surface area contributed by atoms with E-state index in [1.54, 1.807) is 6.20 Å². The number of anilines is 1. The van der Waals surface area contributed by atoms with Gasteiger partial charge in [0.1, 0.15) is 5.84 Å². The van der Waals surface area contributed by atoms with E-state index in [9.17, 15) is 0 Å². The van der Waals surface area contributed by atoms with Crippen LogP contribution >= 0.6 is 0 Å². The van der Waals surface area contributed by atoms with Crippen LogP contribution in [0.2, 0.25) is 0 Å². The van der Waals surface area contributed by atoms with Crippen LogP contribution in [0.5, 0.6) is 0 Å². The Balaban J connectivity index is 2.13. The number of hydrogen-bond donors (Lipinski definition) is 2. The summed E-state index contributed by atoms with van der Waals surface area (Å²) in [6, 6.07) is 8.08. The zero-order valence-electron chi connectivity index (χ0n) is 12.3. The van der Waals surface area contributed by atoms with Gasteiger partial charge in [-0.2, -0.15) is 0 Å². The van der Waals surface area contributed by atoms with E-state index in [4.69, 9.17) is 11.1 Å². The Kier molecular flexibility index (Phi) is 3.75. The SMILES string of the molecule is CN1CCCN(c2c(C(=N)N)cnc3ccccc23)CC1. The molecular weight excluding hydrogens is 262 g/mol.